The molecule has 2 aromatic heterocycles. The highest BCUT2D eigenvalue weighted by molar-refractivity contribution is 5.95. The fourth-order valence-electron chi connectivity index (χ4n) is 5.41. The number of amides is 2. The lowest BCUT2D eigenvalue weighted by atomic mass is 10.1. The first kappa shape index (κ1) is 23.5. The molecule has 3 atom stereocenters. The molecular weight excluding hydrogens is 485 g/mol. The monoisotopic (exact) mass is 510 g/mol. The lowest BCUT2D eigenvalue weighted by molar-refractivity contribution is -0.141. The summed E-state index contributed by atoms with van der Waals surface area (Å²) >= 11 is 0. The smallest absolute Gasteiger partial charge is 0.384 e. The summed E-state index contributed by atoms with van der Waals surface area (Å²) in [6, 6.07) is 10.3. The van der Waals surface area contributed by atoms with E-state index in [1.807, 2.05) is 17.0 Å². The van der Waals surface area contributed by atoms with Gasteiger partial charge < -0.3 is 16.0 Å². The third-order valence-corrected chi connectivity index (χ3v) is 7.40. The summed E-state index contributed by atoms with van der Waals surface area (Å²) in [5, 5.41) is 6.41. The van der Waals surface area contributed by atoms with Gasteiger partial charge in [-0.1, -0.05) is 30.3 Å². The molecule has 37 heavy (non-hydrogen) atoms. The second kappa shape index (κ2) is 8.60. The Balaban J connectivity index is 1.16. The van der Waals surface area contributed by atoms with Crippen LogP contribution in [-0.4, -0.2) is 38.0 Å². The molecule has 8 nitrogen and oxygen atoms in total. The predicted octanol–water partition coefficient (Wildman–Crippen LogP) is 3.32. The number of halogens is 3. The number of aryl methyl sites for hydroxylation is 1. The Kier molecular flexibility index (Phi) is 5.46. The number of likely N-dealkylation sites (tertiary alicyclic amines) is 1. The molecule has 3 heterocycles. The maximum Gasteiger partial charge on any atom is 0.435 e. The molecule has 0 radical (unpaired) electrons. The van der Waals surface area contributed by atoms with E-state index in [1.165, 1.54) is 0 Å². The first-order valence-electron chi connectivity index (χ1n) is 12.2. The van der Waals surface area contributed by atoms with Crippen molar-refractivity contribution in [3.8, 4) is 0 Å². The molecule has 1 aromatic carbocycles. The largest absolute Gasteiger partial charge is 0.435 e. The van der Waals surface area contributed by atoms with Crippen molar-refractivity contribution < 1.29 is 22.8 Å². The summed E-state index contributed by atoms with van der Waals surface area (Å²) in [5.74, 6) is 0.432. The number of anilines is 1. The first-order chi connectivity index (χ1) is 17.7. The number of fused-ring (bicyclic) bond motifs is 2. The highest BCUT2D eigenvalue weighted by Crippen LogP contribution is 2.46. The molecule has 192 valence electrons. The highest BCUT2D eigenvalue weighted by atomic mass is 19.4. The SMILES string of the molecule is Nc1ccc2c(n1)CC[C@H]2NC(=O)c1cn(Cc2ccc(CN3C[C@@H]4C[C@@H]4C3=O)cc2)nc1C(F)(F)F. The number of piperidine rings is 1. The lowest BCUT2D eigenvalue weighted by Gasteiger charge is -2.18. The van der Waals surface area contributed by atoms with Gasteiger partial charge in [-0.2, -0.15) is 18.3 Å². The number of benzene rings is 1. The Morgan fingerprint density at radius 3 is 2.51 bits per heavy atom. The van der Waals surface area contributed by atoms with E-state index in [9.17, 15) is 22.8 Å². The van der Waals surface area contributed by atoms with Crippen molar-refractivity contribution in [2.24, 2.45) is 11.8 Å². The normalized spacial score (nSPS) is 22.2. The molecule has 3 N–H and O–H groups in total. The predicted molar refractivity (Wildman–Crippen MR) is 127 cm³/mol. The van der Waals surface area contributed by atoms with Crippen LogP contribution in [0.5, 0.6) is 0 Å². The number of nitrogens with one attached hydrogen (secondary N) is 1. The summed E-state index contributed by atoms with van der Waals surface area (Å²) in [4.78, 5) is 31.2. The molecule has 0 unspecified atom stereocenters. The molecule has 3 aromatic rings. The maximum absolute atomic E-state index is 13.8. The standard InChI is InChI=1S/C26H25F3N6O2/c27-26(28,29)23-19(24(36)32-21-7-6-20-17(21)5-8-22(30)31-20)13-35(33-23)11-15-3-1-14(2-4-15)10-34-12-16-9-18(16)25(34)37/h1-5,8,13,16,18,21H,6-7,9-12H2,(H2,30,31)(H,32,36)/t16-,18-,21+/m0/s1. The van der Waals surface area contributed by atoms with Crippen molar-refractivity contribution in [2.45, 2.75) is 44.6 Å². The number of nitrogens with two attached hydrogens (primary N) is 1. The van der Waals surface area contributed by atoms with E-state index < -0.39 is 29.4 Å². The molecular formula is C26H25F3N6O2. The van der Waals surface area contributed by atoms with Gasteiger partial charge in [-0.25, -0.2) is 4.98 Å². The van der Waals surface area contributed by atoms with Crippen molar-refractivity contribution in [2.75, 3.05) is 12.3 Å². The van der Waals surface area contributed by atoms with E-state index in [-0.39, 0.29) is 18.4 Å². The van der Waals surface area contributed by atoms with E-state index in [2.05, 4.69) is 15.4 Å². The van der Waals surface area contributed by atoms with Crippen molar-refractivity contribution in [1.82, 2.24) is 25.0 Å². The van der Waals surface area contributed by atoms with Gasteiger partial charge in [0.25, 0.3) is 5.91 Å². The van der Waals surface area contributed by atoms with Gasteiger partial charge in [0.05, 0.1) is 18.2 Å². The quantitative estimate of drug-likeness (QED) is 0.529. The van der Waals surface area contributed by atoms with E-state index in [1.54, 1.807) is 24.3 Å². The lowest BCUT2D eigenvalue weighted by Crippen LogP contribution is -2.28. The molecule has 11 heteroatoms. The van der Waals surface area contributed by atoms with Crippen molar-refractivity contribution >= 4 is 17.6 Å². The topological polar surface area (TPSA) is 106 Å². The van der Waals surface area contributed by atoms with Gasteiger partial charge in [-0.3, -0.25) is 14.3 Å². The van der Waals surface area contributed by atoms with Gasteiger partial charge in [0.15, 0.2) is 5.69 Å². The average molecular weight is 511 g/mol. The fraction of sp³-hybridized carbons (Fsp3) is 0.385. The van der Waals surface area contributed by atoms with Crippen molar-refractivity contribution in [1.29, 1.82) is 0 Å². The van der Waals surface area contributed by atoms with Crippen LogP contribution in [0.25, 0.3) is 0 Å². The number of hydrogen-bond acceptors (Lipinski definition) is 5. The van der Waals surface area contributed by atoms with Gasteiger partial charge in [0.2, 0.25) is 5.91 Å². The summed E-state index contributed by atoms with van der Waals surface area (Å²) in [6.07, 6.45) is -1.53. The third kappa shape index (κ3) is 4.54. The Hall–Kier alpha value is -3.89. The number of nitrogen functional groups attached to an aromatic ring is 1. The van der Waals surface area contributed by atoms with Gasteiger partial charge in [0.1, 0.15) is 5.82 Å². The zero-order valence-electron chi connectivity index (χ0n) is 19.8. The van der Waals surface area contributed by atoms with Crippen LogP contribution in [0.2, 0.25) is 0 Å². The van der Waals surface area contributed by atoms with Gasteiger partial charge >= 0.3 is 6.18 Å². The second-order valence-electron chi connectivity index (χ2n) is 10.1. The van der Waals surface area contributed by atoms with Crippen molar-refractivity contribution in [3.05, 3.63) is 76.2 Å². The van der Waals surface area contributed by atoms with Gasteiger partial charge in [-0.05, 0) is 47.9 Å². The Bertz CT molecular complexity index is 1380. The zero-order chi connectivity index (χ0) is 25.9. The molecule has 2 fully saturated rings. The molecule has 1 aliphatic heterocycles. The highest BCUT2D eigenvalue weighted by Gasteiger charge is 2.51. The van der Waals surface area contributed by atoms with Crippen LogP contribution in [0.15, 0.2) is 42.6 Å². The number of rotatable bonds is 6. The molecule has 2 aliphatic carbocycles. The molecule has 3 aliphatic rings. The molecule has 2 amide bonds. The number of nitrogens with zero attached hydrogens (tertiary/aromatic N) is 4. The molecule has 1 saturated carbocycles. The molecule has 6 rings (SSSR count). The number of aromatic nitrogens is 3. The number of carbonyl (C=O) groups excluding carboxylic acids is 2. The minimum Gasteiger partial charge on any atom is -0.384 e. The minimum absolute atomic E-state index is 0.0683. The maximum atomic E-state index is 13.8. The summed E-state index contributed by atoms with van der Waals surface area (Å²) in [6.45, 7) is 1.39. The fourth-order valence-corrected chi connectivity index (χ4v) is 5.41. The molecule has 0 bridgehead atoms. The summed E-state index contributed by atoms with van der Waals surface area (Å²) < 4.78 is 42.4. The van der Waals surface area contributed by atoms with Crippen LogP contribution in [0.1, 0.15) is 57.3 Å². The number of pyridine rings is 1. The Morgan fingerprint density at radius 2 is 1.84 bits per heavy atom. The van der Waals surface area contributed by atoms with Crippen LogP contribution >= 0.6 is 0 Å². The number of alkyl halides is 3. The van der Waals surface area contributed by atoms with Crippen molar-refractivity contribution in [3.63, 3.8) is 0 Å². The zero-order valence-corrected chi connectivity index (χ0v) is 19.8. The van der Waals surface area contributed by atoms with Gasteiger partial charge in [-0.15, -0.1) is 0 Å². The van der Waals surface area contributed by atoms with Crippen LogP contribution in [0.4, 0.5) is 19.0 Å². The van der Waals surface area contributed by atoms with E-state index in [0.717, 1.165) is 46.2 Å². The van der Waals surface area contributed by atoms with Crippen LogP contribution in [0.3, 0.4) is 0 Å². The van der Waals surface area contributed by atoms with Crippen LogP contribution < -0.4 is 11.1 Å². The minimum atomic E-state index is -4.78. The van der Waals surface area contributed by atoms with Crippen LogP contribution in [0, 0.1) is 11.8 Å². The van der Waals surface area contributed by atoms with E-state index in [4.69, 9.17) is 5.73 Å². The Morgan fingerprint density at radius 1 is 1.11 bits per heavy atom. The Labute approximate surface area is 210 Å². The van der Waals surface area contributed by atoms with Gasteiger partial charge in [0, 0.05) is 30.9 Å². The molecule has 1 saturated heterocycles. The molecule has 0 spiro atoms. The number of hydrogen-bond donors (Lipinski definition) is 2. The summed E-state index contributed by atoms with van der Waals surface area (Å²) in [5.41, 5.74) is 7.16. The van der Waals surface area contributed by atoms with E-state index >= 15 is 0 Å². The number of carbonyl (C=O) groups is 2. The summed E-state index contributed by atoms with van der Waals surface area (Å²) in [7, 11) is 0. The average Bonchev–Trinajstić information content (AvgIpc) is 3.15. The first-order valence-corrected chi connectivity index (χ1v) is 12.2. The van der Waals surface area contributed by atoms with Crippen LogP contribution in [-0.2, 0) is 30.5 Å². The van der Waals surface area contributed by atoms with E-state index in [0.29, 0.717) is 31.1 Å². The second-order valence-corrected chi connectivity index (χ2v) is 10.1. The third-order valence-electron chi connectivity index (χ3n) is 7.40.